The van der Waals surface area contributed by atoms with Crippen LogP contribution in [0.3, 0.4) is 0 Å². The summed E-state index contributed by atoms with van der Waals surface area (Å²) in [5.74, 6) is -4.74. The van der Waals surface area contributed by atoms with Crippen LogP contribution in [0, 0.1) is 17.2 Å². The number of hydrogen-bond donors (Lipinski definition) is 2. The smallest absolute Gasteiger partial charge is 0.341 e. The molecule has 0 radical (unpaired) electrons. The number of nitrogens with zero attached hydrogens (tertiary/aromatic N) is 1. The van der Waals surface area contributed by atoms with E-state index in [-0.39, 0.29) is 25.9 Å². The Balaban J connectivity index is 1.50. The zero-order valence-corrected chi connectivity index (χ0v) is 20.8. The SMILES string of the molecule is CC(C)[C@@H](NC(=O)c1cc(C(F)(F)F)ccc1F)C(=O)N1CCC2(CC1)C(=O)NC(=O)C2c1ccccc1. The topological polar surface area (TPSA) is 95.6 Å². The van der Waals surface area contributed by atoms with Crippen molar-refractivity contribution in [3.05, 3.63) is 71.0 Å². The van der Waals surface area contributed by atoms with Crippen molar-refractivity contribution >= 4 is 23.6 Å². The first-order valence-corrected chi connectivity index (χ1v) is 12.2. The van der Waals surface area contributed by atoms with Crippen molar-refractivity contribution in [2.45, 2.75) is 44.8 Å². The maximum atomic E-state index is 14.2. The first-order chi connectivity index (χ1) is 17.8. The Morgan fingerprint density at radius 1 is 1.05 bits per heavy atom. The van der Waals surface area contributed by atoms with E-state index >= 15 is 0 Å². The lowest BCUT2D eigenvalue weighted by Gasteiger charge is -2.41. The molecule has 11 heteroatoms. The van der Waals surface area contributed by atoms with E-state index in [0.29, 0.717) is 23.8 Å². The quantitative estimate of drug-likeness (QED) is 0.453. The van der Waals surface area contributed by atoms with Crippen molar-refractivity contribution in [2.75, 3.05) is 13.1 Å². The molecule has 0 aromatic heterocycles. The van der Waals surface area contributed by atoms with Crippen molar-refractivity contribution < 1.29 is 36.7 Å². The molecule has 1 spiro atoms. The summed E-state index contributed by atoms with van der Waals surface area (Å²) in [6.07, 6.45) is -4.36. The molecule has 7 nitrogen and oxygen atoms in total. The second kappa shape index (κ2) is 10.2. The van der Waals surface area contributed by atoms with Gasteiger partial charge in [-0.1, -0.05) is 44.2 Å². The fourth-order valence-corrected chi connectivity index (χ4v) is 5.25. The minimum atomic E-state index is -4.77. The number of benzene rings is 2. The Kier molecular flexibility index (Phi) is 7.31. The normalized spacial score (nSPS) is 20.0. The molecule has 0 saturated carbocycles. The number of halogens is 4. The summed E-state index contributed by atoms with van der Waals surface area (Å²) < 4.78 is 53.5. The van der Waals surface area contributed by atoms with E-state index in [1.807, 2.05) is 0 Å². The lowest BCUT2D eigenvalue weighted by Crippen LogP contribution is -2.55. The largest absolute Gasteiger partial charge is 0.416 e. The molecular weight excluding hydrogens is 506 g/mol. The predicted octanol–water partition coefficient (Wildman–Crippen LogP) is 3.65. The van der Waals surface area contributed by atoms with E-state index < -0.39 is 70.0 Å². The third kappa shape index (κ3) is 5.01. The Bertz CT molecular complexity index is 1250. The molecule has 4 amide bonds. The van der Waals surface area contributed by atoms with E-state index in [9.17, 15) is 36.7 Å². The van der Waals surface area contributed by atoms with Crippen LogP contribution in [0.4, 0.5) is 17.6 Å². The van der Waals surface area contributed by atoms with Crippen LogP contribution in [0.5, 0.6) is 0 Å². The molecule has 38 heavy (non-hydrogen) atoms. The summed E-state index contributed by atoms with van der Waals surface area (Å²) >= 11 is 0. The van der Waals surface area contributed by atoms with Crippen molar-refractivity contribution in [3.8, 4) is 0 Å². The maximum Gasteiger partial charge on any atom is 0.416 e. The molecule has 2 aliphatic rings. The molecule has 0 aliphatic carbocycles. The van der Waals surface area contributed by atoms with E-state index in [0.717, 1.165) is 0 Å². The lowest BCUT2D eigenvalue weighted by atomic mass is 9.67. The summed E-state index contributed by atoms with van der Waals surface area (Å²) in [5.41, 5.74) is -2.32. The van der Waals surface area contributed by atoms with Gasteiger partial charge < -0.3 is 10.2 Å². The van der Waals surface area contributed by atoms with Gasteiger partial charge in [0.05, 0.1) is 22.5 Å². The third-order valence-corrected chi connectivity index (χ3v) is 7.36. The van der Waals surface area contributed by atoms with E-state index in [2.05, 4.69) is 10.6 Å². The zero-order chi connectivity index (χ0) is 27.8. The van der Waals surface area contributed by atoms with Crippen LogP contribution in [0.1, 0.15) is 54.1 Å². The van der Waals surface area contributed by atoms with E-state index in [1.165, 1.54) is 4.90 Å². The molecule has 2 aromatic rings. The monoisotopic (exact) mass is 533 g/mol. The minimum absolute atomic E-state index is 0.125. The third-order valence-electron chi connectivity index (χ3n) is 7.36. The van der Waals surface area contributed by atoms with Gasteiger partial charge in [-0.3, -0.25) is 24.5 Å². The van der Waals surface area contributed by atoms with E-state index in [4.69, 9.17) is 0 Å². The van der Waals surface area contributed by atoms with Crippen LogP contribution < -0.4 is 10.6 Å². The van der Waals surface area contributed by atoms with Crippen molar-refractivity contribution in [3.63, 3.8) is 0 Å². The van der Waals surface area contributed by atoms with E-state index in [1.54, 1.807) is 44.2 Å². The molecule has 2 aromatic carbocycles. The van der Waals surface area contributed by atoms with Gasteiger partial charge in [0.1, 0.15) is 11.9 Å². The van der Waals surface area contributed by atoms with Crippen LogP contribution >= 0.6 is 0 Å². The summed E-state index contributed by atoms with van der Waals surface area (Å²) in [6, 6.07) is 9.28. The van der Waals surface area contributed by atoms with Gasteiger partial charge in [0.2, 0.25) is 17.7 Å². The zero-order valence-electron chi connectivity index (χ0n) is 20.8. The molecule has 4 rings (SSSR count). The minimum Gasteiger partial charge on any atom is -0.341 e. The van der Waals surface area contributed by atoms with Gasteiger partial charge in [0, 0.05) is 13.1 Å². The fourth-order valence-electron chi connectivity index (χ4n) is 5.25. The summed E-state index contributed by atoms with van der Waals surface area (Å²) in [7, 11) is 0. The summed E-state index contributed by atoms with van der Waals surface area (Å²) in [6.45, 7) is 3.54. The fraction of sp³-hybridized carbons (Fsp3) is 0.407. The average molecular weight is 534 g/mol. The number of carbonyl (C=O) groups excluding carboxylic acids is 4. The van der Waals surface area contributed by atoms with Gasteiger partial charge in [-0.05, 0) is 42.5 Å². The Morgan fingerprint density at radius 2 is 1.68 bits per heavy atom. The molecule has 0 bridgehead atoms. The van der Waals surface area contributed by atoms with Crippen LogP contribution in [0.15, 0.2) is 48.5 Å². The number of likely N-dealkylation sites (tertiary alicyclic amines) is 1. The molecule has 2 atom stereocenters. The number of alkyl halides is 3. The average Bonchev–Trinajstić information content (AvgIpc) is 3.10. The van der Waals surface area contributed by atoms with Crippen molar-refractivity contribution in [1.82, 2.24) is 15.5 Å². The molecule has 2 aliphatic heterocycles. The maximum absolute atomic E-state index is 14.2. The number of amides is 4. The number of rotatable bonds is 5. The molecule has 2 saturated heterocycles. The van der Waals surface area contributed by atoms with Gasteiger partial charge in [-0.2, -0.15) is 13.2 Å². The van der Waals surface area contributed by atoms with Gasteiger partial charge in [-0.25, -0.2) is 4.39 Å². The Morgan fingerprint density at radius 3 is 2.26 bits per heavy atom. The predicted molar refractivity (Wildman–Crippen MR) is 128 cm³/mol. The highest BCUT2D eigenvalue weighted by atomic mass is 19.4. The molecular formula is C27H27F4N3O4. The van der Waals surface area contributed by atoms with Crippen LogP contribution in [0.2, 0.25) is 0 Å². The standard InChI is InChI=1S/C27H27F4N3O4/c1-15(2)21(32-22(35)18-14-17(27(29,30)31)8-9-19(18)28)24(37)34-12-10-26(11-13-34)20(23(36)33-25(26)38)16-6-4-3-5-7-16/h3-9,14-15,20-21H,10-13H2,1-2H3,(H,32,35)(H,33,36,38)/t20?,21-/m1/s1. The number of nitrogens with one attached hydrogen (secondary N) is 2. The molecule has 2 N–H and O–H groups in total. The van der Waals surface area contributed by atoms with Crippen molar-refractivity contribution in [2.24, 2.45) is 11.3 Å². The molecule has 2 fully saturated rings. The second-order valence-corrected chi connectivity index (χ2v) is 10.0. The van der Waals surface area contributed by atoms with Crippen LogP contribution in [0.25, 0.3) is 0 Å². The van der Waals surface area contributed by atoms with Crippen molar-refractivity contribution in [1.29, 1.82) is 0 Å². The number of imide groups is 1. The Hall–Kier alpha value is -3.76. The van der Waals surface area contributed by atoms with Gasteiger partial charge in [-0.15, -0.1) is 0 Å². The molecule has 2 heterocycles. The second-order valence-electron chi connectivity index (χ2n) is 10.0. The summed E-state index contributed by atoms with van der Waals surface area (Å²) in [4.78, 5) is 53.2. The lowest BCUT2D eigenvalue weighted by molar-refractivity contribution is -0.141. The number of hydrogen-bond acceptors (Lipinski definition) is 4. The number of piperidine rings is 1. The van der Waals surface area contributed by atoms with Crippen LogP contribution in [-0.2, 0) is 20.6 Å². The van der Waals surface area contributed by atoms with Gasteiger partial charge in [0.25, 0.3) is 5.91 Å². The summed E-state index contributed by atoms with van der Waals surface area (Å²) in [5, 5.41) is 4.81. The van der Waals surface area contributed by atoms with Gasteiger partial charge >= 0.3 is 6.18 Å². The Labute approximate surface area is 216 Å². The highest BCUT2D eigenvalue weighted by Gasteiger charge is 2.57. The molecule has 202 valence electrons. The first-order valence-electron chi connectivity index (χ1n) is 12.2. The highest BCUT2D eigenvalue weighted by Crippen LogP contribution is 2.48. The number of carbonyl (C=O) groups is 4. The first kappa shape index (κ1) is 27.3. The molecule has 1 unspecified atom stereocenters. The van der Waals surface area contributed by atoms with Gasteiger partial charge in [0.15, 0.2) is 0 Å². The van der Waals surface area contributed by atoms with Crippen LogP contribution in [-0.4, -0.2) is 47.7 Å². The highest BCUT2D eigenvalue weighted by molar-refractivity contribution is 6.10.